The summed E-state index contributed by atoms with van der Waals surface area (Å²) in [6.45, 7) is 15.7. The number of benzene rings is 1. The summed E-state index contributed by atoms with van der Waals surface area (Å²) in [5, 5.41) is 10.6. The van der Waals surface area contributed by atoms with Crippen molar-refractivity contribution in [3.63, 3.8) is 0 Å². The van der Waals surface area contributed by atoms with E-state index in [0.717, 1.165) is 23.6 Å². The van der Waals surface area contributed by atoms with E-state index in [0.29, 0.717) is 5.75 Å². The van der Waals surface area contributed by atoms with Gasteiger partial charge in [-0.25, -0.2) is 4.79 Å². The molecule has 1 rings (SSSR count). The fourth-order valence-electron chi connectivity index (χ4n) is 2.10. The van der Waals surface area contributed by atoms with Crippen molar-refractivity contribution in [3.05, 3.63) is 35.9 Å². The summed E-state index contributed by atoms with van der Waals surface area (Å²) in [6, 6.07) is 3.47. The van der Waals surface area contributed by atoms with Crippen LogP contribution in [0.2, 0.25) is 0 Å². The molecule has 0 saturated carbocycles. The standard InChI is InChI=1S/C18H26O3/c1-8-15(19)21-12-10-13(17(3,4)5)16(20)14(11-12)18(6,7)9-2/h8,10-11,20H,1,9H2,2-7H3. The minimum atomic E-state index is -0.499. The molecule has 1 N–H and O–H groups in total. The molecule has 0 atom stereocenters. The third-order valence-corrected chi connectivity index (χ3v) is 3.89. The highest BCUT2D eigenvalue weighted by molar-refractivity contribution is 5.83. The molecule has 21 heavy (non-hydrogen) atoms. The molecule has 0 aromatic heterocycles. The molecule has 0 heterocycles. The van der Waals surface area contributed by atoms with Gasteiger partial charge in [0.05, 0.1) is 0 Å². The zero-order valence-electron chi connectivity index (χ0n) is 13.9. The highest BCUT2D eigenvalue weighted by Crippen LogP contribution is 2.42. The van der Waals surface area contributed by atoms with Crippen molar-refractivity contribution in [1.29, 1.82) is 0 Å². The van der Waals surface area contributed by atoms with Crippen LogP contribution < -0.4 is 4.74 Å². The fourth-order valence-corrected chi connectivity index (χ4v) is 2.10. The van der Waals surface area contributed by atoms with Crippen LogP contribution in [0.1, 0.15) is 59.1 Å². The predicted molar refractivity (Wildman–Crippen MR) is 86.0 cm³/mol. The summed E-state index contributed by atoms with van der Waals surface area (Å²) < 4.78 is 5.27. The summed E-state index contributed by atoms with van der Waals surface area (Å²) >= 11 is 0. The second kappa shape index (κ2) is 5.92. The Kier molecular flexibility index (Phi) is 4.87. The first-order valence-electron chi connectivity index (χ1n) is 7.25. The molecule has 0 saturated heterocycles. The Labute approximate surface area is 127 Å². The van der Waals surface area contributed by atoms with Crippen molar-refractivity contribution in [2.24, 2.45) is 0 Å². The minimum absolute atomic E-state index is 0.208. The van der Waals surface area contributed by atoms with E-state index in [1.807, 2.05) is 20.8 Å². The van der Waals surface area contributed by atoms with Crippen molar-refractivity contribution in [1.82, 2.24) is 0 Å². The minimum Gasteiger partial charge on any atom is -0.507 e. The zero-order chi connectivity index (χ0) is 16.4. The van der Waals surface area contributed by atoms with Crippen molar-refractivity contribution in [2.45, 2.75) is 58.8 Å². The SMILES string of the molecule is C=CC(=O)Oc1cc(C(C)(C)C)c(O)c(C(C)(C)CC)c1. The van der Waals surface area contributed by atoms with Gasteiger partial charge in [0, 0.05) is 17.2 Å². The Morgan fingerprint density at radius 2 is 1.76 bits per heavy atom. The van der Waals surface area contributed by atoms with Crippen LogP contribution >= 0.6 is 0 Å². The van der Waals surface area contributed by atoms with Crippen molar-refractivity contribution < 1.29 is 14.6 Å². The van der Waals surface area contributed by atoms with Gasteiger partial charge in [-0.2, -0.15) is 0 Å². The first-order valence-corrected chi connectivity index (χ1v) is 7.25. The van der Waals surface area contributed by atoms with Crippen molar-refractivity contribution in [2.75, 3.05) is 0 Å². The molecule has 1 aromatic rings. The molecule has 116 valence electrons. The van der Waals surface area contributed by atoms with Gasteiger partial charge in [-0.1, -0.05) is 48.1 Å². The molecule has 0 aliphatic heterocycles. The zero-order valence-corrected chi connectivity index (χ0v) is 13.9. The van der Waals surface area contributed by atoms with Crippen LogP contribution in [0.25, 0.3) is 0 Å². The lowest BCUT2D eigenvalue weighted by molar-refractivity contribution is -0.128. The first kappa shape index (κ1) is 17.3. The summed E-state index contributed by atoms with van der Waals surface area (Å²) in [6.07, 6.45) is 2.00. The molecule has 0 fully saturated rings. The van der Waals surface area contributed by atoms with Crippen LogP contribution in [0, 0.1) is 0 Å². The predicted octanol–water partition coefficient (Wildman–Crippen LogP) is 4.47. The van der Waals surface area contributed by atoms with E-state index in [9.17, 15) is 9.90 Å². The molecule has 0 aliphatic carbocycles. The highest BCUT2D eigenvalue weighted by atomic mass is 16.5. The normalized spacial score (nSPS) is 12.1. The third kappa shape index (κ3) is 3.87. The maximum absolute atomic E-state index is 11.5. The van der Waals surface area contributed by atoms with Crippen LogP contribution in [0.4, 0.5) is 0 Å². The maximum atomic E-state index is 11.5. The van der Waals surface area contributed by atoms with Crippen LogP contribution in [0.5, 0.6) is 11.5 Å². The molecule has 1 aromatic carbocycles. The number of ether oxygens (including phenoxy) is 1. The summed E-state index contributed by atoms with van der Waals surface area (Å²) in [7, 11) is 0. The van der Waals surface area contributed by atoms with E-state index >= 15 is 0 Å². The van der Waals surface area contributed by atoms with Crippen LogP contribution in [0.15, 0.2) is 24.8 Å². The number of phenols is 1. The second-order valence-corrected chi connectivity index (χ2v) is 6.98. The number of rotatable bonds is 4. The maximum Gasteiger partial charge on any atom is 0.335 e. The summed E-state index contributed by atoms with van der Waals surface area (Å²) in [5.74, 6) is 0.229. The summed E-state index contributed by atoms with van der Waals surface area (Å²) in [4.78, 5) is 11.5. The summed E-state index contributed by atoms with van der Waals surface area (Å²) in [5.41, 5.74) is 1.11. The van der Waals surface area contributed by atoms with Gasteiger partial charge in [0.2, 0.25) is 0 Å². The van der Waals surface area contributed by atoms with Gasteiger partial charge in [0.15, 0.2) is 0 Å². The van der Waals surface area contributed by atoms with E-state index in [1.165, 1.54) is 0 Å². The van der Waals surface area contributed by atoms with Gasteiger partial charge in [-0.05, 0) is 29.4 Å². The molecular formula is C18H26O3. The fraction of sp³-hybridized carbons (Fsp3) is 0.500. The number of esters is 1. The Hall–Kier alpha value is -1.77. The molecule has 0 unspecified atom stereocenters. The second-order valence-electron chi connectivity index (χ2n) is 6.98. The Morgan fingerprint density at radius 1 is 1.24 bits per heavy atom. The first-order chi connectivity index (χ1) is 9.52. The monoisotopic (exact) mass is 290 g/mol. The van der Waals surface area contributed by atoms with E-state index in [1.54, 1.807) is 12.1 Å². The number of phenolic OH excluding ortho intramolecular Hbond substituents is 1. The quantitative estimate of drug-likeness (QED) is 0.505. The van der Waals surface area contributed by atoms with Gasteiger partial charge >= 0.3 is 5.97 Å². The Balaban J connectivity index is 3.53. The number of carbonyl (C=O) groups is 1. The smallest absolute Gasteiger partial charge is 0.335 e. The number of hydrogen-bond donors (Lipinski definition) is 1. The van der Waals surface area contributed by atoms with Crippen LogP contribution in [-0.2, 0) is 15.6 Å². The molecule has 0 amide bonds. The average Bonchev–Trinajstić information content (AvgIpc) is 2.38. The molecular weight excluding hydrogens is 264 g/mol. The number of hydrogen-bond acceptors (Lipinski definition) is 3. The molecule has 0 bridgehead atoms. The van der Waals surface area contributed by atoms with Gasteiger partial charge in [-0.3, -0.25) is 0 Å². The van der Waals surface area contributed by atoms with E-state index in [4.69, 9.17) is 4.74 Å². The van der Waals surface area contributed by atoms with Gasteiger partial charge < -0.3 is 9.84 Å². The van der Waals surface area contributed by atoms with Gasteiger partial charge in [-0.15, -0.1) is 0 Å². The lowest BCUT2D eigenvalue weighted by atomic mass is 9.77. The topological polar surface area (TPSA) is 46.5 Å². The van der Waals surface area contributed by atoms with E-state index in [2.05, 4.69) is 27.4 Å². The van der Waals surface area contributed by atoms with Gasteiger partial charge in [0.1, 0.15) is 11.5 Å². The third-order valence-electron chi connectivity index (χ3n) is 3.89. The highest BCUT2D eigenvalue weighted by Gasteiger charge is 2.28. The number of carbonyl (C=O) groups excluding carboxylic acids is 1. The molecule has 0 spiro atoms. The number of aromatic hydroxyl groups is 1. The molecule has 3 nitrogen and oxygen atoms in total. The molecule has 0 aliphatic rings. The van der Waals surface area contributed by atoms with Crippen LogP contribution in [0.3, 0.4) is 0 Å². The largest absolute Gasteiger partial charge is 0.507 e. The van der Waals surface area contributed by atoms with E-state index < -0.39 is 5.97 Å². The average molecular weight is 290 g/mol. The van der Waals surface area contributed by atoms with Gasteiger partial charge in [0.25, 0.3) is 0 Å². The van der Waals surface area contributed by atoms with E-state index in [-0.39, 0.29) is 16.6 Å². The van der Waals surface area contributed by atoms with Crippen molar-refractivity contribution >= 4 is 5.97 Å². The van der Waals surface area contributed by atoms with Crippen molar-refractivity contribution in [3.8, 4) is 11.5 Å². The lowest BCUT2D eigenvalue weighted by Crippen LogP contribution is -2.20. The van der Waals surface area contributed by atoms with Crippen LogP contribution in [-0.4, -0.2) is 11.1 Å². The Morgan fingerprint density at radius 3 is 2.19 bits per heavy atom. The lowest BCUT2D eigenvalue weighted by Gasteiger charge is -2.29. The molecule has 3 heteroatoms. The molecule has 0 radical (unpaired) electrons. The Bertz CT molecular complexity index is 548.